The fourth-order valence-corrected chi connectivity index (χ4v) is 1.79. The second-order valence-corrected chi connectivity index (χ2v) is 4.97. The van der Waals surface area contributed by atoms with Gasteiger partial charge in [0.15, 0.2) is 0 Å². The van der Waals surface area contributed by atoms with Crippen LogP contribution in [0.5, 0.6) is 0 Å². The molecule has 0 aliphatic carbocycles. The van der Waals surface area contributed by atoms with Crippen LogP contribution in [0.4, 0.5) is 9.18 Å². The highest BCUT2D eigenvalue weighted by molar-refractivity contribution is 5.74. The molecule has 1 aromatic rings. The standard InChI is InChI=1S/C14H22FN3O2/c1-10(9-19)17-14(20)16-8-13(18(2)3)11-4-6-12(15)7-5-11/h4-7,10,13,19H,8-9H2,1-3H3,(H2,16,17,20). The molecule has 0 fully saturated rings. The van der Waals surface area contributed by atoms with Gasteiger partial charge in [-0.1, -0.05) is 12.1 Å². The van der Waals surface area contributed by atoms with E-state index in [2.05, 4.69) is 10.6 Å². The van der Waals surface area contributed by atoms with Crippen LogP contribution in [-0.2, 0) is 0 Å². The zero-order chi connectivity index (χ0) is 15.1. The number of carbonyl (C=O) groups excluding carboxylic acids is 1. The fraction of sp³-hybridized carbons (Fsp3) is 0.500. The van der Waals surface area contributed by atoms with Gasteiger partial charge >= 0.3 is 6.03 Å². The molecule has 0 aliphatic heterocycles. The fourth-order valence-electron chi connectivity index (χ4n) is 1.79. The van der Waals surface area contributed by atoms with Gasteiger partial charge in [0.05, 0.1) is 18.7 Å². The van der Waals surface area contributed by atoms with E-state index in [1.807, 2.05) is 19.0 Å². The molecule has 0 spiro atoms. The van der Waals surface area contributed by atoms with E-state index in [0.29, 0.717) is 6.54 Å². The van der Waals surface area contributed by atoms with Crippen molar-refractivity contribution in [2.24, 2.45) is 0 Å². The number of halogens is 1. The lowest BCUT2D eigenvalue weighted by Gasteiger charge is -2.25. The smallest absolute Gasteiger partial charge is 0.315 e. The van der Waals surface area contributed by atoms with Gasteiger partial charge < -0.3 is 20.6 Å². The molecule has 1 rings (SSSR count). The summed E-state index contributed by atoms with van der Waals surface area (Å²) in [4.78, 5) is 13.6. The third-order valence-corrected chi connectivity index (χ3v) is 2.99. The quantitative estimate of drug-likeness (QED) is 0.733. The largest absolute Gasteiger partial charge is 0.394 e. The molecule has 6 heteroatoms. The number of benzene rings is 1. The third kappa shape index (κ3) is 5.14. The Kier molecular flexibility index (Phi) is 6.41. The van der Waals surface area contributed by atoms with Crippen molar-refractivity contribution in [2.75, 3.05) is 27.2 Å². The van der Waals surface area contributed by atoms with Crippen LogP contribution in [0.25, 0.3) is 0 Å². The summed E-state index contributed by atoms with van der Waals surface area (Å²) in [6.45, 7) is 1.99. The Labute approximate surface area is 118 Å². The normalized spacial score (nSPS) is 13.9. The lowest BCUT2D eigenvalue weighted by Crippen LogP contribution is -2.44. The maximum absolute atomic E-state index is 12.9. The first-order valence-corrected chi connectivity index (χ1v) is 6.51. The summed E-state index contributed by atoms with van der Waals surface area (Å²) < 4.78 is 12.9. The highest BCUT2D eigenvalue weighted by atomic mass is 19.1. The summed E-state index contributed by atoms with van der Waals surface area (Å²) in [6, 6.07) is 5.54. The number of carbonyl (C=O) groups is 1. The molecule has 112 valence electrons. The summed E-state index contributed by atoms with van der Waals surface area (Å²) in [5.74, 6) is -0.284. The highest BCUT2D eigenvalue weighted by Gasteiger charge is 2.15. The molecular weight excluding hydrogens is 261 g/mol. The Morgan fingerprint density at radius 3 is 2.45 bits per heavy atom. The summed E-state index contributed by atoms with van der Waals surface area (Å²) >= 11 is 0. The molecule has 0 aromatic heterocycles. The molecule has 0 heterocycles. The minimum absolute atomic E-state index is 0.0502. The van der Waals surface area contributed by atoms with E-state index in [4.69, 9.17) is 5.11 Å². The minimum atomic E-state index is -0.333. The van der Waals surface area contributed by atoms with E-state index in [1.54, 1.807) is 19.1 Å². The number of aliphatic hydroxyl groups is 1. The molecule has 0 radical (unpaired) electrons. The van der Waals surface area contributed by atoms with Crippen molar-refractivity contribution < 1.29 is 14.3 Å². The van der Waals surface area contributed by atoms with Crippen LogP contribution < -0.4 is 10.6 Å². The number of urea groups is 1. The van der Waals surface area contributed by atoms with Gasteiger partial charge in [0.25, 0.3) is 0 Å². The number of nitrogens with zero attached hydrogens (tertiary/aromatic N) is 1. The average Bonchev–Trinajstić information content (AvgIpc) is 2.40. The molecule has 2 amide bonds. The van der Waals surface area contributed by atoms with Crippen LogP contribution in [0.1, 0.15) is 18.5 Å². The predicted molar refractivity (Wildman–Crippen MR) is 75.9 cm³/mol. The van der Waals surface area contributed by atoms with Crippen LogP contribution >= 0.6 is 0 Å². The molecule has 5 nitrogen and oxygen atoms in total. The molecule has 0 aliphatic rings. The molecule has 20 heavy (non-hydrogen) atoms. The van der Waals surface area contributed by atoms with E-state index in [1.165, 1.54) is 12.1 Å². The third-order valence-electron chi connectivity index (χ3n) is 2.99. The number of hydrogen-bond donors (Lipinski definition) is 3. The van der Waals surface area contributed by atoms with Crippen LogP contribution in [0.2, 0.25) is 0 Å². The van der Waals surface area contributed by atoms with Gasteiger partial charge in [-0.15, -0.1) is 0 Å². The first-order valence-electron chi connectivity index (χ1n) is 6.51. The molecule has 2 atom stereocenters. The van der Waals surface area contributed by atoms with E-state index in [9.17, 15) is 9.18 Å². The van der Waals surface area contributed by atoms with Crippen molar-refractivity contribution in [2.45, 2.75) is 19.0 Å². The Morgan fingerprint density at radius 2 is 1.95 bits per heavy atom. The van der Waals surface area contributed by atoms with Crippen molar-refractivity contribution in [1.29, 1.82) is 0 Å². The number of likely N-dealkylation sites (N-methyl/N-ethyl adjacent to an activating group) is 1. The topological polar surface area (TPSA) is 64.6 Å². The Morgan fingerprint density at radius 1 is 1.35 bits per heavy atom. The van der Waals surface area contributed by atoms with Gasteiger partial charge in [0.1, 0.15) is 5.82 Å². The van der Waals surface area contributed by atoms with E-state index in [0.717, 1.165) is 5.56 Å². The maximum atomic E-state index is 12.9. The Balaban J connectivity index is 2.60. The number of rotatable bonds is 6. The Bertz CT molecular complexity index is 423. The minimum Gasteiger partial charge on any atom is -0.394 e. The van der Waals surface area contributed by atoms with E-state index in [-0.39, 0.29) is 30.5 Å². The number of nitrogens with one attached hydrogen (secondary N) is 2. The number of amides is 2. The molecule has 0 saturated heterocycles. The van der Waals surface area contributed by atoms with Crippen molar-refractivity contribution in [3.8, 4) is 0 Å². The summed E-state index contributed by atoms with van der Waals surface area (Å²) in [5.41, 5.74) is 0.923. The Hall–Kier alpha value is -1.66. The second-order valence-electron chi connectivity index (χ2n) is 4.97. The van der Waals surface area contributed by atoms with Crippen molar-refractivity contribution in [1.82, 2.24) is 15.5 Å². The number of hydrogen-bond acceptors (Lipinski definition) is 3. The molecule has 1 aromatic carbocycles. The molecule has 2 unspecified atom stereocenters. The summed E-state index contributed by atoms with van der Waals surface area (Å²) in [7, 11) is 3.79. The van der Waals surface area contributed by atoms with Crippen molar-refractivity contribution in [3.63, 3.8) is 0 Å². The molecule has 0 saturated carbocycles. The van der Waals surface area contributed by atoms with Gasteiger partial charge in [-0.05, 0) is 38.7 Å². The van der Waals surface area contributed by atoms with Gasteiger partial charge in [0, 0.05) is 6.54 Å². The van der Waals surface area contributed by atoms with Crippen molar-refractivity contribution in [3.05, 3.63) is 35.6 Å². The average molecular weight is 283 g/mol. The van der Waals surface area contributed by atoms with Crippen LogP contribution in [0.3, 0.4) is 0 Å². The summed E-state index contributed by atoms with van der Waals surface area (Å²) in [6.07, 6.45) is 0. The lowest BCUT2D eigenvalue weighted by molar-refractivity contribution is 0.215. The van der Waals surface area contributed by atoms with Gasteiger partial charge in [-0.25, -0.2) is 9.18 Å². The van der Waals surface area contributed by atoms with Gasteiger partial charge in [-0.3, -0.25) is 0 Å². The van der Waals surface area contributed by atoms with E-state index >= 15 is 0 Å². The SMILES string of the molecule is CC(CO)NC(=O)NCC(c1ccc(F)cc1)N(C)C. The zero-order valence-corrected chi connectivity index (χ0v) is 12.1. The highest BCUT2D eigenvalue weighted by Crippen LogP contribution is 2.17. The monoisotopic (exact) mass is 283 g/mol. The van der Waals surface area contributed by atoms with Crippen LogP contribution in [-0.4, -0.2) is 49.3 Å². The van der Waals surface area contributed by atoms with Crippen molar-refractivity contribution >= 4 is 6.03 Å². The maximum Gasteiger partial charge on any atom is 0.315 e. The lowest BCUT2D eigenvalue weighted by atomic mass is 10.1. The molecular formula is C14H22FN3O2. The first-order chi connectivity index (χ1) is 9.43. The number of aliphatic hydroxyl groups excluding tert-OH is 1. The summed E-state index contributed by atoms with van der Waals surface area (Å²) in [5, 5.41) is 14.2. The first kappa shape index (κ1) is 16.4. The van der Waals surface area contributed by atoms with E-state index < -0.39 is 0 Å². The molecule has 0 bridgehead atoms. The van der Waals surface area contributed by atoms with Gasteiger partial charge in [0.2, 0.25) is 0 Å². The second kappa shape index (κ2) is 7.81. The van der Waals surface area contributed by atoms with Crippen LogP contribution in [0.15, 0.2) is 24.3 Å². The predicted octanol–water partition coefficient (Wildman–Crippen LogP) is 1.11. The molecule has 3 N–H and O–H groups in total. The van der Waals surface area contributed by atoms with Gasteiger partial charge in [-0.2, -0.15) is 0 Å². The zero-order valence-electron chi connectivity index (χ0n) is 12.1. The van der Waals surface area contributed by atoms with Crippen LogP contribution in [0, 0.1) is 5.82 Å².